The van der Waals surface area contributed by atoms with Gasteiger partial charge in [0, 0.05) is 29.1 Å². The largest absolute Gasteiger partial charge is 0.328 e. The molecule has 3 nitrogen and oxygen atoms in total. The van der Waals surface area contributed by atoms with E-state index in [9.17, 15) is 4.79 Å². The lowest BCUT2D eigenvalue weighted by molar-refractivity contribution is 0.0922. The van der Waals surface area contributed by atoms with E-state index in [4.69, 9.17) is 5.73 Å². The number of fused-ring (bicyclic) bond motifs is 1. The topological polar surface area (TPSA) is 56.0 Å². The van der Waals surface area contributed by atoms with Gasteiger partial charge in [-0.2, -0.15) is 0 Å². The number of nitrogens with zero attached hydrogens (tertiary/aromatic N) is 1. The molecular formula is C15H16N2O. The van der Waals surface area contributed by atoms with Gasteiger partial charge in [-0.1, -0.05) is 18.2 Å². The Kier molecular flexibility index (Phi) is 2.84. The summed E-state index contributed by atoms with van der Waals surface area (Å²) in [6.45, 7) is 0. The molecule has 0 radical (unpaired) electrons. The smallest absolute Gasteiger partial charge is 0.166 e. The fourth-order valence-electron chi connectivity index (χ4n) is 2.71. The maximum atomic E-state index is 12.4. The summed E-state index contributed by atoms with van der Waals surface area (Å²) >= 11 is 0. The van der Waals surface area contributed by atoms with Crippen LogP contribution in [0.5, 0.6) is 0 Å². The molecule has 1 saturated carbocycles. The van der Waals surface area contributed by atoms with Crippen LogP contribution in [0.3, 0.4) is 0 Å². The van der Waals surface area contributed by atoms with Gasteiger partial charge in [-0.05, 0) is 31.4 Å². The maximum Gasteiger partial charge on any atom is 0.166 e. The summed E-state index contributed by atoms with van der Waals surface area (Å²) in [5.74, 6) is 0.316. The molecule has 0 bridgehead atoms. The fraction of sp³-hybridized carbons (Fsp3) is 0.333. The van der Waals surface area contributed by atoms with Gasteiger partial charge in [0.25, 0.3) is 0 Å². The van der Waals surface area contributed by atoms with Crippen LogP contribution < -0.4 is 5.73 Å². The summed E-state index contributed by atoms with van der Waals surface area (Å²) in [7, 11) is 0. The molecule has 92 valence electrons. The third-order valence-electron chi connectivity index (χ3n) is 3.73. The van der Waals surface area contributed by atoms with Crippen LogP contribution in [0.1, 0.15) is 29.6 Å². The molecule has 2 N–H and O–H groups in total. The number of nitrogens with two attached hydrogens (primary N) is 1. The van der Waals surface area contributed by atoms with E-state index in [-0.39, 0.29) is 17.7 Å². The Morgan fingerprint density at radius 1 is 1.28 bits per heavy atom. The van der Waals surface area contributed by atoms with Crippen LogP contribution in [0.4, 0.5) is 0 Å². The van der Waals surface area contributed by atoms with Gasteiger partial charge in [-0.15, -0.1) is 0 Å². The molecule has 1 fully saturated rings. The van der Waals surface area contributed by atoms with Crippen molar-refractivity contribution in [1.29, 1.82) is 0 Å². The number of hydrogen-bond donors (Lipinski definition) is 1. The third kappa shape index (κ3) is 2.02. The summed E-state index contributed by atoms with van der Waals surface area (Å²) in [6.07, 6.45) is 4.45. The molecule has 1 heterocycles. The van der Waals surface area contributed by atoms with E-state index in [1.54, 1.807) is 6.20 Å². The molecule has 0 spiro atoms. The van der Waals surface area contributed by atoms with Gasteiger partial charge in [-0.25, -0.2) is 0 Å². The van der Waals surface area contributed by atoms with E-state index in [1.165, 1.54) is 0 Å². The Bertz CT molecular complexity index is 594. The minimum atomic E-state index is 0.0983. The van der Waals surface area contributed by atoms with E-state index in [1.807, 2.05) is 30.3 Å². The summed E-state index contributed by atoms with van der Waals surface area (Å²) in [5, 5.41) is 1.07. The molecule has 2 aromatic rings. The number of pyridine rings is 1. The van der Waals surface area contributed by atoms with Crippen molar-refractivity contribution in [1.82, 2.24) is 4.98 Å². The third-order valence-corrected chi connectivity index (χ3v) is 3.73. The van der Waals surface area contributed by atoms with E-state index in [0.717, 1.165) is 35.7 Å². The lowest BCUT2D eigenvalue weighted by atomic mass is 9.95. The lowest BCUT2D eigenvalue weighted by Crippen LogP contribution is -2.18. The molecular weight excluding hydrogens is 224 g/mol. The van der Waals surface area contributed by atoms with E-state index in [0.29, 0.717) is 0 Å². The number of carbonyl (C=O) groups is 1. The first-order valence-corrected chi connectivity index (χ1v) is 6.38. The molecule has 1 aliphatic rings. The van der Waals surface area contributed by atoms with Crippen LogP contribution in [0.2, 0.25) is 0 Å². The zero-order valence-electron chi connectivity index (χ0n) is 10.2. The molecule has 2 atom stereocenters. The molecule has 3 heteroatoms. The quantitative estimate of drug-likeness (QED) is 0.821. The summed E-state index contributed by atoms with van der Waals surface area (Å²) in [4.78, 5) is 16.6. The van der Waals surface area contributed by atoms with Crippen LogP contribution in [0.25, 0.3) is 10.9 Å². The first-order chi connectivity index (χ1) is 8.74. The highest BCUT2D eigenvalue weighted by Crippen LogP contribution is 2.28. The van der Waals surface area contributed by atoms with E-state index in [2.05, 4.69) is 4.98 Å². The van der Waals surface area contributed by atoms with Crippen LogP contribution >= 0.6 is 0 Å². The number of rotatable bonds is 2. The van der Waals surface area contributed by atoms with Crippen molar-refractivity contribution in [2.45, 2.75) is 25.3 Å². The number of aromatic nitrogens is 1. The van der Waals surface area contributed by atoms with Crippen molar-refractivity contribution < 1.29 is 4.79 Å². The number of Topliss-reactive ketones (excluding diaryl/α,β-unsaturated/α-hetero) is 1. The molecule has 3 rings (SSSR count). The molecule has 1 aromatic carbocycles. The minimum Gasteiger partial charge on any atom is -0.328 e. The predicted molar refractivity (Wildman–Crippen MR) is 71.4 cm³/mol. The molecule has 0 amide bonds. The fourth-order valence-corrected chi connectivity index (χ4v) is 2.71. The zero-order chi connectivity index (χ0) is 12.5. The Morgan fingerprint density at radius 3 is 2.94 bits per heavy atom. The van der Waals surface area contributed by atoms with Crippen molar-refractivity contribution >= 4 is 16.7 Å². The Morgan fingerprint density at radius 2 is 2.17 bits per heavy atom. The average molecular weight is 240 g/mol. The second kappa shape index (κ2) is 4.50. The van der Waals surface area contributed by atoms with Gasteiger partial charge in [-0.3, -0.25) is 9.78 Å². The normalized spacial score (nSPS) is 23.4. The summed E-state index contributed by atoms with van der Waals surface area (Å²) < 4.78 is 0. The van der Waals surface area contributed by atoms with E-state index >= 15 is 0 Å². The second-order valence-electron chi connectivity index (χ2n) is 5.05. The predicted octanol–water partition coefficient (Wildman–Crippen LogP) is 2.54. The molecule has 18 heavy (non-hydrogen) atoms. The highest BCUT2D eigenvalue weighted by Gasteiger charge is 2.28. The maximum absolute atomic E-state index is 12.4. The number of benzene rings is 1. The first kappa shape index (κ1) is 11.4. The van der Waals surface area contributed by atoms with Crippen LogP contribution in [0, 0.1) is 5.92 Å². The van der Waals surface area contributed by atoms with Crippen molar-refractivity contribution in [3.63, 3.8) is 0 Å². The van der Waals surface area contributed by atoms with Crippen molar-refractivity contribution in [2.24, 2.45) is 11.7 Å². The first-order valence-electron chi connectivity index (χ1n) is 6.38. The number of hydrogen-bond acceptors (Lipinski definition) is 3. The highest BCUT2D eigenvalue weighted by atomic mass is 16.1. The van der Waals surface area contributed by atoms with Crippen LogP contribution in [-0.4, -0.2) is 16.8 Å². The Labute approximate surface area is 106 Å². The number of carbonyl (C=O) groups excluding carboxylic acids is 1. The van der Waals surface area contributed by atoms with Crippen molar-refractivity contribution in [3.05, 3.63) is 42.1 Å². The van der Waals surface area contributed by atoms with Crippen LogP contribution in [-0.2, 0) is 0 Å². The van der Waals surface area contributed by atoms with Gasteiger partial charge in [0.15, 0.2) is 5.78 Å². The monoisotopic (exact) mass is 240 g/mol. The van der Waals surface area contributed by atoms with Gasteiger partial charge in [0.1, 0.15) is 0 Å². The van der Waals surface area contributed by atoms with Crippen molar-refractivity contribution in [3.8, 4) is 0 Å². The van der Waals surface area contributed by atoms with Gasteiger partial charge in [0.2, 0.25) is 0 Å². The molecule has 1 aromatic heterocycles. The summed E-state index contributed by atoms with van der Waals surface area (Å²) in [5.41, 5.74) is 7.51. The second-order valence-corrected chi connectivity index (χ2v) is 5.05. The van der Waals surface area contributed by atoms with E-state index < -0.39 is 0 Å². The summed E-state index contributed by atoms with van der Waals surface area (Å²) in [6, 6.07) is 9.85. The van der Waals surface area contributed by atoms with Gasteiger partial charge in [0.05, 0.1) is 5.52 Å². The molecule has 0 aliphatic heterocycles. The Balaban J connectivity index is 1.92. The Hall–Kier alpha value is -1.74. The van der Waals surface area contributed by atoms with Gasteiger partial charge >= 0.3 is 0 Å². The highest BCUT2D eigenvalue weighted by molar-refractivity contribution is 6.00. The standard InChI is InChI=1S/C15H16N2O/c16-13-6-5-11(8-13)15(18)12-4-3-10-2-1-7-17-14(10)9-12/h1-4,7,9,11,13H,5-6,8,16H2. The molecule has 2 unspecified atom stereocenters. The van der Waals surface area contributed by atoms with Gasteiger partial charge < -0.3 is 5.73 Å². The average Bonchev–Trinajstić information content (AvgIpc) is 2.84. The molecule has 1 aliphatic carbocycles. The van der Waals surface area contributed by atoms with Crippen LogP contribution in [0.15, 0.2) is 36.5 Å². The zero-order valence-corrected chi connectivity index (χ0v) is 10.2. The molecule has 0 saturated heterocycles. The SMILES string of the molecule is NC1CCC(C(=O)c2ccc3cccnc3c2)C1. The number of ketones is 1. The lowest BCUT2D eigenvalue weighted by Gasteiger charge is -2.09. The van der Waals surface area contributed by atoms with Crippen molar-refractivity contribution in [2.75, 3.05) is 0 Å². The minimum absolute atomic E-state index is 0.0983.